The molecule has 2 aromatic rings. The zero-order chi connectivity index (χ0) is 21.2. The Morgan fingerprint density at radius 1 is 1.00 bits per heavy atom. The third-order valence-corrected chi connectivity index (χ3v) is 7.78. The van der Waals surface area contributed by atoms with Gasteiger partial charge in [0, 0.05) is 63.7 Å². The molecule has 0 atom stereocenters. The molecule has 0 spiro atoms. The van der Waals surface area contributed by atoms with Gasteiger partial charge in [0.1, 0.15) is 11.8 Å². The first-order valence-electron chi connectivity index (χ1n) is 12.3. The van der Waals surface area contributed by atoms with Crippen molar-refractivity contribution in [2.24, 2.45) is 0 Å². The van der Waals surface area contributed by atoms with Crippen LogP contribution in [0.2, 0.25) is 0 Å². The van der Waals surface area contributed by atoms with Crippen LogP contribution in [0.4, 0.5) is 5.82 Å². The molecule has 3 aliphatic rings. The summed E-state index contributed by atoms with van der Waals surface area (Å²) in [6.07, 6.45) is 11.0. The quantitative estimate of drug-likeness (QED) is 0.791. The van der Waals surface area contributed by atoms with Gasteiger partial charge in [0.2, 0.25) is 0 Å². The maximum atomic E-state index is 5.58. The number of hydrogen-bond acceptors (Lipinski definition) is 6. The number of ether oxygens (including phenoxy) is 1. The van der Waals surface area contributed by atoms with E-state index in [9.17, 15) is 0 Å². The fourth-order valence-corrected chi connectivity index (χ4v) is 5.82. The van der Waals surface area contributed by atoms with Gasteiger partial charge in [-0.05, 0) is 69.9 Å². The molecule has 7 heteroatoms. The van der Waals surface area contributed by atoms with E-state index in [2.05, 4.69) is 51.3 Å². The number of hydrogen-bond donors (Lipinski definition) is 1. The van der Waals surface area contributed by atoms with E-state index in [1.165, 1.54) is 62.9 Å². The minimum atomic E-state index is 0.504. The molecule has 1 saturated carbocycles. The Labute approximate surface area is 186 Å². The van der Waals surface area contributed by atoms with Crippen molar-refractivity contribution in [2.45, 2.75) is 76.4 Å². The molecule has 0 radical (unpaired) electrons. The summed E-state index contributed by atoms with van der Waals surface area (Å²) in [6, 6.07) is 4.17. The van der Waals surface area contributed by atoms with Crippen LogP contribution in [0.3, 0.4) is 0 Å². The summed E-state index contributed by atoms with van der Waals surface area (Å²) in [6.45, 7) is 11.2. The van der Waals surface area contributed by atoms with E-state index >= 15 is 0 Å². The van der Waals surface area contributed by atoms with Gasteiger partial charge in [-0.15, -0.1) is 0 Å². The molecule has 0 amide bonds. The Morgan fingerprint density at radius 2 is 1.74 bits per heavy atom. The van der Waals surface area contributed by atoms with Gasteiger partial charge >= 0.3 is 0 Å². The van der Waals surface area contributed by atoms with Crippen LogP contribution in [0.15, 0.2) is 18.6 Å². The van der Waals surface area contributed by atoms with Gasteiger partial charge < -0.3 is 10.1 Å². The molecule has 170 valence electrons. The predicted octanol–water partition coefficient (Wildman–Crippen LogP) is 3.37. The number of aromatic nitrogens is 3. The molecular formula is C24H38N6O. The lowest BCUT2D eigenvalue weighted by Crippen LogP contribution is -2.53. The monoisotopic (exact) mass is 426 g/mol. The molecule has 3 fully saturated rings. The van der Waals surface area contributed by atoms with E-state index in [1.54, 1.807) is 6.33 Å². The summed E-state index contributed by atoms with van der Waals surface area (Å²) in [5.41, 5.74) is 2.55. The lowest BCUT2D eigenvalue weighted by Gasteiger charge is -2.43. The van der Waals surface area contributed by atoms with Gasteiger partial charge in [0.05, 0.1) is 0 Å². The molecule has 1 aliphatic carbocycles. The van der Waals surface area contributed by atoms with Crippen LogP contribution in [0.1, 0.15) is 63.9 Å². The third-order valence-electron chi connectivity index (χ3n) is 7.78. The number of piperazine rings is 1. The van der Waals surface area contributed by atoms with Crippen LogP contribution in [0.25, 0.3) is 5.52 Å². The van der Waals surface area contributed by atoms with Gasteiger partial charge in [0.25, 0.3) is 0 Å². The highest BCUT2D eigenvalue weighted by Gasteiger charge is 2.29. The number of anilines is 1. The van der Waals surface area contributed by atoms with E-state index in [0.29, 0.717) is 18.0 Å². The van der Waals surface area contributed by atoms with Crippen molar-refractivity contribution in [2.75, 3.05) is 44.7 Å². The van der Waals surface area contributed by atoms with Crippen molar-refractivity contribution < 1.29 is 4.74 Å². The number of rotatable bonds is 5. The number of nitrogens with zero attached hydrogens (tertiary/aromatic N) is 5. The highest BCUT2D eigenvalue weighted by molar-refractivity contribution is 5.73. The minimum Gasteiger partial charge on any atom is -0.381 e. The smallest absolute Gasteiger partial charge is 0.154 e. The van der Waals surface area contributed by atoms with Crippen molar-refractivity contribution in [1.82, 2.24) is 24.4 Å². The number of nitrogens with one attached hydrogen (secondary N) is 1. The molecule has 7 nitrogen and oxygen atoms in total. The minimum absolute atomic E-state index is 0.504. The van der Waals surface area contributed by atoms with E-state index < -0.39 is 0 Å². The summed E-state index contributed by atoms with van der Waals surface area (Å²) in [4.78, 5) is 10.0. The molecule has 0 bridgehead atoms. The summed E-state index contributed by atoms with van der Waals surface area (Å²) >= 11 is 0. The lowest BCUT2D eigenvalue weighted by atomic mass is 9.89. The summed E-state index contributed by atoms with van der Waals surface area (Å²) < 4.78 is 7.58. The van der Waals surface area contributed by atoms with Crippen molar-refractivity contribution in [1.29, 1.82) is 0 Å². The van der Waals surface area contributed by atoms with Gasteiger partial charge in [-0.1, -0.05) is 0 Å². The molecule has 2 aliphatic heterocycles. The maximum Gasteiger partial charge on any atom is 0.154 e. The van der Waals surface area contributed by atoms with Gasteiger partial charge in [-0.2, -0.15) is 5.10 Å². The molecule has 0 unspecified atom stereocenters. The Morgan fingerprint density at radius 3 is 2.45 bits per heavy atom. The predicted molar refractivity (Wildman–Crippen MR) is 124 cm³/mol. The Hall–Kier alpha value is -1.70. The van der Waals surface area contributed by atoms with E-state index in [1.807, 2.05) is 4.52 Å². The fraction of sp³-hybridized carbons (Fsp3) is 0.750. The second-order valence-electron chi connectivity index (χ2n) is 9.88. The average Bonchev–Trinajstić information content (AvgIpc) is 3.26. The first-order valence-corrected chi connectivity index (χ1v) is 12.3. The highest BCUT2D eigenvalue weighted by atomic mass is 16.5. The number of fused-ring (bicyclic) bond motifs is 1. The van der Waals surface area contributed by atoms with Gasteiger partial charge in [-0.25, -0.2) is 9.50 Å². The van der Waals surface area contributed by atoms with Gasteiger partial charge in [-0.3, -0.25) is 9.80 Å². The summed E-state index contributed by atoms with van der Waals surface area (Å²) in [5.74, 6) is 1.56. The standard InChI is InChI=1S/C24H38N6O/c1-18(2)28-11-13-29(14-12-28)21-5-3-20(4-6-21)27-24-23-22(19-8-15-31-16-9-19)7-10-30(23)26-17-25-24/h7,10,17-21H,3-6,8-9,11-16H2,1-2H3,(H,25,26,27)/t20-,21+. The van der Waals surface area contributed by atoms with Crippen molar-refractivity contribution in [3.63, 3.8) is 0 Å². The van der Waals surface area contributed by atoms with Crippen LogP contribution < -0.4 is 5.32 Å². The van der Waals surface area contributed by atoms with Gasteiger partial charge in [0.15, 0.2) is 5.82 Å². The van der Waals surface area contributed by atoms with Crippen molar-refractivity contribution in [3.8, 4) is 0 Å². The molecule has 4 heterocycles. The lowest BCUT2D eigenvalue weighted by molar-refractivity contribution is 0.0631. The summed E-state index contributed by atoms with van der Waals surface area (Å²) in [7, 11) is 0. The Balaban J connectivity index is 1.21. The first kappa shape index (κ1) is 21.2. The second kappa shape index (κ2) is 9.43. The SMILES string of the molecule is CC(C)N1CCN([C@H]2CC[C@@H](Nc3ncnn4ccc(C5CCOCC5)c34)CC2)CC1. The highest BCUT2D eigenvalue weighted by Crippen LogP contribution is 2.34. The topological polar surface area (TPSA) is 57.9 Å². The Kier molecular flexibility index (Phi) is 6.44. The maximum absolute atomic E-state index is 5.58. The van der Waals surface area contributed by atoms with Crippen LogP contribution in [-0.2, 0) is 4.74 Å². The average molecular weight is 427 g/mol. The Bertz CT molecular complexity index is 845. The zero-order valence-corrected chi connectivity index (χ0v) is 19.2. The van der Waals surface area contributed by atoms with E-state index in [-0.39, 0.29) is 0 Å². The second-order valence-corrected chi connectivity index (χ2v) is 9.88. The normalized spacial score (nSPS) is 27.2. The molecule has 5 rings (SSSR count). The molecule has 2 aromatic heterocycles. The van der Waals surface area contributed by atoms with E-state index in [0.717, 1.165) is 37.9 Å². The molecular weight excluding hydrogens is 388 g/mol. The van der Waals surface area contributed by atoms with Crippen LogP contribution >= 0.6 is 0 Å². The molecule has 31 heavy (non-hydrogen) atoms. The largest absolute Gasteiger partial charge is 0.381 e. The third kappa shape index (κ3) is 4.59. The van der Waals surface area contributed by atoms with E-state index in [4.69, 9.17) is 4.74 Å². The molecule has 2 saturated heterocycles. The first-order chi connectivity index (χ1) is 15.2. The van der Waals surface area contributed by atoms with Crippen molar-refractivity contribution in [3.05, 3.63) is 24.2 Å². The van der Waals surface area contributed by atoms with Crippen LogP contribution in [-0.4, -0.2) is 81.9 Å². The molecule has 0 aromatic carbocycles. The fourth-order valence-electron chi connectivity index (χ4n) is 5.82. The molecule has 1 N–H and O–H groups in total. The van der Waals surface area contributed by atoms with Crippen LogP contribution in [0.5, 0.6) is 0 Å². The summed E-state index contributed by atoms with van der Waals surface area (Å²) in [5, 5.41) is 8.27. The van der Waals surface area contributed by atoms with Crippen LogP contribution in [0, 0.1) is 0 Å². The van der Waals surface area contributed by atoms with Crippen molar-refractivity contribution >= 4 is 11.3 Å². The zero-order valence-electron chi connectivity index (χ0n) is 19.2.